The number of nitrogens with zero attached hydrogens (tertiary/aromatic N) is 4. The lowest BCUT2D eigenvalue weighted by Crippen LogP contribution is -2.05. The first kappa shape index (κ1) is 16.4. The van der Waals surface area contributed by atoms with Crippen molar-refractivity contribution in [2.24, 2.45) is 0 Å². The number of rotatable bonds is 4. The van der Waals surface area contributed by atoms with E-state index in [0.717, 1.165) is 0 Å². The maximum atomic E-state index is 11.4. The van der Waals surface area contributed by atoms with E-state index in [0.29, 0.717) is 8.95 Å². The van der Waals surface area contributed by atoms with Gasteiger partial charge in [0.05, 0.1) is 10.7 Å². The van der Waals surface area contributed by atoms with Crippen LogP contribution in [0.4, 0.5) is 5.69 Å². The lowest BCUT2D eigenvalue weighted by molar-refractivity contribution is 0.0698. The molecule has 2 rings (SSSR count). The molecule has 0 bridgehead atoms. The molecule has 3 N–H and O–H groups in total. The van der Waals surface area contributed by atoms with Crippen molar-refractivity contribution in [2.45, 2.75) is 0 Å². The molecule has 0 radical (unpaired) electrons. The topological polar surface area (TPSA) is 128 Å². The number of nitrogens with one attached hydrogen (secondary N) is 2. The second-order valence-corrected chi connectivity index (χ2v) is 5.85. The number of hydrogen-bond acceptors (Lipinski definition) is 6. The molecular weight excluding hydrogens is 443 g/mol. The summed E-state index contributed by atoms with van der Waals surface area (Å²) in [5.74, 6) is -1.15. The summed E-state index contributed by atoms with van der Waals surface area (Å²) in [7, 11) is 0. The van der Waals surface area contributed by atoms with E-state index in [-0.39, 0.29) is 27.7 Å². The van der Waals surface area contributed by atoms with Crippen LogP contribution in [0, 0.1) is 11.3 Å². The number of allylic oxidation sites excluding steroid dienone is 1. The van der Waals surface area contributed by atoms with Crippen molar-refractivity contribution >= 4 is 60.7 Å². The van der Waals surface area contributed by atoms with E-state index in [1.165, 1.54) is 6.20 Å². The average Bonchev–Trinajstić information content (AvgIpc) is 2.98. The van der Waals surface area contributed by atoms with Gasteiger partial charge < -0.3 is 10.4 Å². The van der Waals surface area contributed by atoms with Crippen LogP contribution >= 0.6 is 43.5 Å². The number of halogens is 3. The van der Waals surface area contributed by atoms with Gasteiger partial charge in [-0.1, -0.05) is 11.6 Å². The van der Waals surface area contributed by atoms with Crippen LogP contribution < -0.4 is 5.32 Å². The number of aromatic carboxylic acids is 1. The molecule has 1 aromatic heterocycles. The predicted octanol–water partition coefficient (Wildman–Crippen LogP) is 3.05. The molecule has 0 aliphatic carbocycles. The second-order valence-electron chi connectivity index (χ2n) is 3.76. The van der Waals surface area contributed by atoms with Gasteiger partial charge in [0.25, 0.3) is 0 Å². The Hall–Kier alpha value is -1.96. The molecule has 0 aliphatic heterocycles. The summed E-state index contributed by atoms with van der Waals surface area (Å²) in [6, 6.07) is 3.47. The van der Waals surface area contributed by atoms with Crippen LogP contribution in [0.5, 0.6) is 0 Å². The number of anilines is 1. The van der Waals surface area contributed by atoms with Crippen molar-refractivity contribution < 1.29 is 9.90 Å². The maximum Gasteiger partial charge on any atom is 0.339 e. The predicted molar refractivity (Wildman–Crippen MR) is 85.2 cm³/mol. The number of aromatic amines is 1. The summed E-state index contributed by atoms with van der Waals surface area (Å²) >= 11 is 12.4. The molecule has 0 fully saturated rings. The summed E-state index contributed by atoms with van der Waals surface area (Å²) < 4.78 is 0.870. The van der Waals surface area contributed by atoms with Crippen molar-refractivity contribution in [3.63, 3.8) is 0 Å². The Morgan fingerprint density at radius 2 is 2.23 bits per heavy atom. The first-order chi connectivity index (χ1) is 10.5. The highest BCUT2D eigenvalue weighted by atomic mass is 79.9. The van der Waals surface area contributed by atoms with Gasteiger partial charge in [-0.15, -0.1) is 10.2 Å². The quantitative estimate of drug-likeness (QED) is 0.484. The molecule has 0 amide bonds. The van der Waals surface area contributed by atoms with Gasteiger partial charge in [0.15, 0.2) is 0 Å². The van der Waals surface area contributed by atoms with Crippen molar-refractivity contribution in [1.82, 2.24) is 20.6 Å². The smallest absolute Gasteiger partial charge is 0.339 e. The van der Waals surface area contributed by atoms with Crippen LogP contribution in [0.1, 0.15) is 16.2 Å². The summed E-state index contributed by atoms with van der Waals surface area (Å²) in [5, 5.41) is 34.1. The highest BCUT2D eigenvalue weighted by Gasteiger charge is 2.20. The van der Waals surface area contributed by atoms with Crippen molar-refractivity contribution in [1.29, 1.82) is 5.26 Å². The Balaban J connectivity index is 2.48. The summed E-state index contributed by atoms with van der Waals surface area (Å²) in [6.07, 6.45) is 1.27. The number of carboxylic acid groups (broad SMARTS) is 1. The average molecular weight is 448 g/mol. The lowest BCUT2D eigenvalue weighted by atomic mass is 10.1. The standard InChI is InChI=1S/C11H5Br2ClN6O2/c12-5-1-6(13)9(7(8(5)14)11(21)22)16-3-4(2-15)10-17-19-20-18-10/h1,3,16H,(H,21,22)(H,17,18,19,20). The van der Waals surface area contributed by atoms with Gasteiger partial charge in [-0.3, -0.25) is 0 Å². The SMILES string of the molecule is N#CC(=CNc1c(Br)cc(Br)c(Cl)c1C(=O)O)c1nn[nH]n1. The molecule has 1 aromatic carbocycles. The van der Waals surface area contributed by atoms with Crippen molar-refractivity contribution in [2.75, 3.05) is 5.32 Å². The first-order valence-electron chi connectivity index (χ1n) is 5.47. The lowest BCUT2D eigenvalue weighted by Gasteiger charge is -2.12. The van der Waals surface area contributed by atoms with Gasteiger partial charge in [0.1, 0.15) is 17.2 Å². The Morgan fingerprint density at radius 3 is 2.77 bits per heavy atom. The zero-order chi connectivity index (χ0) is 16.3. The number of hydrogen-bond donors (Lipinski definition) is 3. The van der Waals surface area contributed by atoms with Crippen LogP contribution in [0.2, 0.25) is 5.02 Å². The highest BCUT2D eigenvalue weighted by molar-refractivity contribution is 9.11. The normalized spacial score (nSPS) is 11.1. The van der Waals surface area contributed by atoms with E-state index in [9.17, 15) is 9.90 Å². The monoisotopic (exact) mass is 446 g/mol. The third-order valence-corrected chi connectivity index (χ3v) is 4.32. The van der Waals surface area contributed by atoms with Gasteiger partial charge in [-0.25, -0.2) is 4.79 Å². The number of tetrazole rings is 1. The van der Waals surface area contributed by atoms with Gasteiger partial charge >= 0.3 is 5.97 Å². The molecular formula is C11H5Br2ClN6O2. The number of nitriles is 1. The number of carboxylic acids is 1. The highest BCUT2D eigenvalue weighted by Crippen LogP contribution is 2.38. The van der Waals surface area contributed by atoms with E-state index in [1.807, 2.05) is 6.07 Å². The number of benzene rings is 1. The van der Waals surface area contributed by atoms with Crippen LogP contribution in [0.15, 0.2) is 21.2 Å². The Labute approximate surface area is 145 Å². The Kier molecular flexibility index (Phi) is 5.12. The molecule has 0 spiro atoms. The van der Waals surface area contributed by atoms with Gasteiger partial charge in [0, 0.05) is 15.1 Å². The van der Waals surface area contributed by atoms with E-state index < -0.39 is 5.97 Å². The summed E-state index contributed by atoms with van der Waals surface area (Å²) in [4.78, 5) is 11.4. The number of aromatic nitrogens is 4. The molecule has 112 valence electrons. The number of H-pyrrole nitrogens is 1. The fourth-order valence-electron chi connectivity index (χ4n) is 1.50. The van der Waals surface area contributed by atoms with E-state index in [1.54, 1.807) is 6.07 Å². The fourth-order valence-corrected chi connectivity index (χ4v) is 3.01. The molecule has 0 saturated carbocycles. The first-order valence-corrected chi connectivity index (χ1v) is 7.43. The van der Waals surface area contributed by atoms with E-state index in [2.05, 4.69) is 57.8 Å². The number of carbonyl (C=O) groups is 1. The van der Waals surface area contributed by atoms with Crippen LogP contribution in [-0.2, 0) is 0 Å². The van der Waals surface area contributed by atoms with Gasteiger partial charge in [-0.2, -0.15) is 10.5 Å². The zero-order valence-corrected chi connectivity index (χ0v) is 14.4. The van der Waals surface area contributed by atoms with Crippen LogP contribution in [-0.4, -0.2) is 31.7 Å². The fraction of sp³-hybridized carbons (Fsp3) is 0. The molecule has 11 heteroatoms. The largest absolute Gasteiger partial charge is 0.478 e. The van der Waals surface area contributed by atoms with Gasteiger partial charge in [0.2, 0.25) is 5.82 Å². The van der Waals surface area contributed by atoms with Crippen LogP contribution in [0.3, 0.4) is 0 Å². The second kappa shape index (κ2) is 6.87. The zero-order valence-electron chi connectivity index (χ0n) is 10.4. The Morgan fingerprint density at radius 1 is 1.50 bits per heavy atom. The summed E-state index contributed by atoms with van der Waals surface area (Å²) in [5.41, 5.74) is 0.109. The van der Waals surface area contributed by atoms with Crippen molar-refractivity contribution in [3.8, 4) is 6.07 Å². The minimum absolute atomic E-state index is 0.0321. The molecule has 8 nitrogen and oxygen atoms in total. The van der Waals surface area contributed by atoms with Crippen molar-refractivity contribution in [3.05, 3.63) is 37.6 Å². The molecule has 0 atom stereocenters. The molecule has 0 aliphatic rings. The molecule has 0 unspecified atom stereocenters. The molecule has 1 heterocycles. The van der Waals surface area contributed by atoms with E-state index in [4.69, 9.17) is 16.9 Å². The molecule has 2 aromatic rings. The minimum Gasteiger partial charge on any atom is -0.478 e. The Bertz CT molecular complexity index is 800. The van der Waals surface area contributed by atoms with Gasteiger partial charge in [-0.05, 0) is 43.1 Å². The molecule has 22 heavy (non-hydrogen) atoms. The van der Waals surface area contributed by atoms with Crippen LogP contribution in [0.25, 0.3) is 5.57 Å². The minimum atomic E-state index is -1.22. The summed E-state index contributed by atoms with van der Waals surface area (Å²) in [6.45, 7) is 0. The van der Waals surface area contributed by atoms with E-state index >= 15 is 0 Å². The maximum absolute atomic E-state index is 11.4. The third-order valence-electron chi connectivity index (χ3n) is 2.45. The molecule has 0 saturated heterocycles. The third kappa shape index (κ3) is 3.27.